The number of hydrogen-bond donors (Lipinski definition) is 0. The third kappa shape index (κ3) is 12.2. The monoisotopic (exact) mass is 1190 g/mol. The molecule has 0 unspecified atom stereocenters. The SMILES string of the molecule is COc1ccc(CN(Cc2ccc(OC)cc2)c2cc(C)c(I)c(-c3nc4c5c(nc(OC[C@@H]6CC[C@H]7COCCN76)nc5c3F)N([C@H](C)c3cccnc3N(C(=O)OC(C)(C)C)C(=O)OC(C)(C)C)CCO4)c2Cl)cc1. The van der Waals surface area contributed by atoms with E-state index in [1.54, 1.807) is 67.9 Å². The van der Waals surface area contributed by atoms with Crippen LogP contribution in [0.15, 0.2) is 72.9 Å². The second-order valence-electron chi connectivity index (χ2n) is 21.3. The van der Waals surface area contributed by atoms with Crippen molar-refractivity contribution in [1.29, 1.82) is 0 Å². The van der Waals surface area contributed by atoms with Gasteiger partial charge in [0, 0.05) is 52.6 Å². The minimum Gasteiger partial charge on any atom is -0.497 e. The minimum absolute atomic E-state index is 0.0240. The highest BCUT2D eigenvalue weighted by Gasteiger charge is 2.40. The summed E-state index contributed by atoms with van der Waals surface area (Å²) >= 11 is 9.85. The van der Waals surface area contributed by atoms with Crippen LogP contribution in [0, 0.1) is 16.3 Å². The minimum atomic E-state index is -0.978. The molecule has 77 heavy (non-hydrogen) atoms. The first-order chi connectivity index (χ1) is 36.7. The maximum Gasteiger partial charge on any atom is 0.425 e. The van der Waals surface area contributed by atoms with Crippen molar-refractivity contribution >= 4 is 74.6 Å². The van der Waals surface area contributed by atoms with Gasteiger partial charge in [0.2, 0.25) is 5.88 Å². The van der Waals surface area contributed by atoms with Gasteiger partial charge in [-0.25, -0.2) is 23.9 Å². The molecule has 6 aromatic rings. The highest BCUT2D eigenvalue weighted by Crippen LogP contribution is 2.47. The molecule has 3 aliphatic rings. The Bertz CT molecular complexity index is 3060. The molecule has 0 bridgehead atoms. The fourth-order valence-corrected chi connectivity index (χ4v) is 11.1. The number of pyridine rings is 2. The van der Waals surface area contributed by atoms with Crippen LogP contribution in [0.5, 0.6) is 23.4 Å². The first-order valence-corrected chi connectivity index (χ1v) is 27.1. The molecule has 6 heterocycles. The normalized spacial score (nSPS) is 17.0. The lowest BCUT2D eigenvalue weighted by Gasteiger charge is -2.34. The van der Waals surface area contributed by atoms with Crippen LogP contribution in [-0.2, 0) is 27.3 Å². The van der Waals surface area contributed by atoms with Crippen molar-refractivity contribution in [3.05, 3.63) is 110 Å². The molecule has 17 nitrogen and oxygen atoms in total. The van der Waals surface area contributed by atoms with Gasteiger partial charge in [0.05, 0.1) is 50.7 Å². The summed E-state index contributed by atoms with van der Waals surface area (Å²) in [5, 5.41) is 0.470. The molecular weight excluding hydrogens is 1120 g/mol. The maximum atomic E-state index is 18.4. The Balaban J connectivity index is 1.19. The molecule has 408 valence electrons. The number of fused-ring (bicyclic) bond motifs is 1. The van der Waals surface area contributed by atoms with Crippen molar-refractivity contribution in [2.45, 2.75) is 111 Å². The lowest BCUT2D eigenvalue weighted by atomic mass is 10.0. The van der Waals surface area contributed by atoms with E-state index in [9.17, 15) is 9.59 Å². The zero-order valence-electron chi connectivity index (χ0n) is 45.1. The van der Waals surface area contributed by atoms with E-state index in [-0.39, 0.29) is 77.0 Å². The number of morpholine rings is 1. The Labute approximate surface area is 467 Å². The highest BCUT2D eigenvalue weighted by atomic mass is 127. The predicted molar refractivity (Wildman–Crippen MR) is 301 cm³/mol. The van der Waals surface area contributed by atoms with Gasteiger partial charge in [-0.15, -0.1) is 0 Å². The summed E-state index contributed by atoms with van der Waals surface area (Å²) in [7, 11) is 3.26. The number of nitrogens with zero attached hydrogens (tertiary/aromatic N) is 8. The van der Waals surface area contributed by atoms with Crippen LogP contribution in [0.25, 0.3) is 22.2 Å². The van der Waals surface area contributed by atoms with Gasteiger partial charge in [-0.2, -0.15) is 14.9 Å². The summed E-state index contributed by atoms with van der Waals surface area (Å²) in [6.07, 6.45) is 1.36. The Morgan fingerprint density at radius 1 is 0.883 bits per heavy atom. The summed E-state index contributed by atoms with van der Waals surface area (Å²) < 4.78 is 60.4. The van der Waals surface area contributed by atoms with Gasteiger partial charge in [-0.05, 0) is 144 Å². The summed E-state index contributed by atoms with van der Waals surface area (Å²) in [5.41, 5.74) is 2.17. The number of imide groups is 1. The van der Waals surface area contributed by atoms with Crippen LogP contribution >= 0.6 is 34.2 Å². The predicted octanol–water partition coefficient (Wildman–Crippen LogP) is 11.9. The fraction of sp³-hybridized carbons (Fsp3) is 0.439. The third-order valence-corrected chi connectivity index (χ3v) is 15.4. The lowest BCUT2D eigenvalue weighted by Crippen LogP contribution is -2.46. The number of rotatable bonds is 14. The van der Waals surface area contributed by atoms with E-state index in [2.05, 4.69) is 37.4 Å². The number of ether oxygens (including phenoxy) is 7. The van der Waals surface area contributed by atoms with Gasteiger partial charge in [0.15, 0.2) is 11.6 Å². The van der Waals surface area contributed by atoms with E-state index in [0.29, 0.717) is 46.7 Å². The van der Waals surface area contributed by atoms with Gasteiger partial charge in [-0.3, -0.25) is 4.90 Å². The Kier molecular flexibility index (Phi) is 16.5. The molecule has 2 amide bonds. The number of anilines is 3. The largest absolute Gasteiger partial charge is 0.497 e. The summed E-state index contributed by atoms with van der Waals surface area (Å²) in [6.45, 7) is 17.5. The van der Waals surface area contributed by atoms with Crippen LogP contribution in [0.4, 0.5) is 31.3 Å². The highest BCUT2D eigenvalue weighted by molar-refractivity contribution is 14.1. The Morgan fingerprint density at radius 2 is 1.52 bits per heavy atom. The number of aromatic nitrogens is 4. The van der Waals surface area contributed by atoms with Crippen molar-refractivity contribution in [2.75, 3.05) is 68.4 Å². The average molecular weight is 1190 g/mol. The van der Waals surface area contributed by atoms with E-state index < -0.39 is 35.2 Å². The number of benzene rings is 3. The van der Waals surface area contributed by atoms with Gasteiger partial charge in [0.25, 0.3) is 0 Å². The Morgan fingerprint density at radius 3 is 2.13 bits per heavy atom. The maximum absolute atomic E-state index is 18.4. The van der Waals surface area contributed by atoms with Crippen molar-refractivity contribution in [3.8, 4) is 34.6 Å². The second kappa shape index (κ2) is 23.0. The first kappa shape index (κ1) is 55.5. The topological polar surface area (TPSA) is 163 Å². The number of carbonyl (C=O) groups excluding carboxylic acids is 2. The number of halogens is 3. The van der Waals surface area contributed by atoms with Crippen LogP contribution in [0.2, 0.25) is 5.02 Å². The van der Waals surface area contributed by atoms with Gasteiger partial charge in [0.1, 0.15) is 58.3 Å². The smallest absolute Gasteiger partial charge is 0.425 e. The van der Waals surface area contributed by atoms with E-state index in [0.717, 1.165) is 52.5 Å². The lowest BCUT2D eigenvalue weighted by molar-refractivity contribution is -0.0101. The molecule has 0 N–H and O–H groups in total. The van der Waals surface area contributed by atoms with E-state index in [1.165, 1.54) is 6.20 Å². The van der Waals surface area contributed by atoms with Gasteiger partial charge in [-0.1, -0.05) is 41.9 Å². The number of amides is 2. The average Bonchev–Trinajstić information content (AvgIpc) is 3.75. The van der Waals surface area contributed by atoms with Crippen LogP contribution in [-0.4, -0.2) is 114 Å². The van der Waals surface area contributed by atoms with Crippen molar-refractivity contribution in [1.82, 2.24) is 24.8 Å². The fourth-order valence-electron chi connectivity index (χ4n) is 9.94. The number of hydrogen-bond acceptors (Lipinski definition) is 16. The summed E-state index contributed by atoms with van der Waals surface area (Å²) in [5.74, 6) is 1.01. The molecule has 0 aliphatic carbocycles. The van der Waals surface area contributed by atoms with Crippen LogP contribution in [0.3, 0.4) is 0 Å². The number of methoxy groups -OCH3 is 2. The van der Waals surface area contributed by atoms with Crippen molar-refractivity contribution in [2.24, 2.45) is 0 Å². The molecule has 2 fully saturated rings. The first-order valence-electron chi connectivity index (χ1n) is 25.7. The van der Waals surface area contributed by atoms with Crippen molar-refractivity contribution in [3.63, 3.8) is 0 Å². The number of carbonyl (C=O) groups is 2. The molecule has 3 aromatic heterocycles. The molecule has 2 saturated heterocycles. The molecule has 3 atom stereocenters. The molecule has 0 radical (unpaired) electrons. The van der Waals surface area contributed by atoms with E-state index in [4.69, 9.17) is 59.7 Å². The second-order valence-corrected chi connectivity index (χ2v) is 22.8. The molecule has 9 rings (SSSR count). The van der Waals surface area contributed by atoms with E-state index in [1.807, 2.05) is 73.3 Å². The zero-order valence-corrected chi connectivity index (χ0v) is 48.0. The third-order valence-electron chi connectivity index (χ3n) is 13.6. The summed E-state index contributed by atoms with van der Waals surface area (Å²) in [6, 6.07) is 20.7. The van der Waals surface area contributed by atoms with Crippen LogP contribution in [0.1, 0.15) is 89.6 Å². The standard InChI is InChI=1S/C57H65ClFIN8O9/c1-33-28-42(65(29-35-13-19-39(71-9)20-14-35)30-36-15-21-40(72-10)22-16-36)45(58)43(47(33)60)48-46(59)49-44-51(64-53(63-49)75-32-38-18-17-37-31-73-26-24-67(37)38)66(25-27-74-52(44)62-48)34(2)41-12-11-23-61-50(41)68(54(69)76-56(3,4)5)55(70)77-57(6,7)8/h11-16,19-23,28,34,37-38H,17-18,24-27,29-32H2,1-10H3/t34-,37+,38+/m1/s1. The molecule has 20 heteroatoms. The zero-order chi connectivity index (χ0) is 54.9. The van der Waals surface area contributed by atoms with Crippen molar-refractivity contribution < 1.29 is 47.1 Å². The van der Waals surface area contributed by atoms with Gasteiger partial charge >= 0.3 is 18.2 Å². The Hall–Kier alpha value is -6.29. The molecular formula is C57H65ClFIN8O9. The molecule has 0 saturated carbocycles. The number of aryl methyl sites for hydroxylation is 1. The molecule has 3 aliphatic heterocycles. The molecule has 0 spiro atoms. The van der Waals surface area contributed by atoms with E-state index >= 15 is 4.39 Å². The quantitative estimate of drug-likeness (QED) is 0.0946. The van der Waals surface area contributed by atoms with Crippen LogP contribution < -0.4 is 33.6 Å². The molecule has 3 aromatic carbocycles. The summed E-state index contributed by atoms with van der Waals surface area (Å²) in [4.78, 5) is 54.9. The van der Waals surface area contributed by atoms with Gasteiger partial charge < -0.3 is 43.0 Å².